The lowest BCUT2D eigenvalue weighted by Gasteiger charge is -2.19. The number of halogens is 2. The number of tetrazole rings is 1. The molecule has 1 aliphatic rings. The standard InChI is InChI=1S/C19H20Cl2N5/c20-14-6-10-17(11-7-14)25-19(22-16-4-2-1-3-5-16)23-26(24-25)18-12-8-15(21)9-13-18/h6-13,16H,1-5H2,(H,22,23,24)/q+1. The van der Waals surface area contributed by atoms with Gasteiger partial charge in [0.25, 0.3) is 0 Å². The van der Waals surface area contributed by atoms with E-state index in [-0.39, 0.29) is 0 Å². The average molecular weight is 389 g/mol. The molecule has 0 spiro atoms. The lowest BCUT2D eigenvalue weighted by atomic mass is 9.96. The van der Waals surface area contributed by atoms with Crippen LogP contribution in [0.3, 0.4) is 0 Å². The molecule has 1 fully saturated rings. The van der Waals surface area contributed by atoms with Gasteiger partial charge in [-0.1, -0.05) is 47.1 Å². The van der Waals surface area contributed by atoms with Crippen molar-refractivity contribution in [3.05, 3.63) is 58.6 Å². The molecule has 3 aromatic rings. The Labute approximate surface area is 162 Å². The Morgan fingerprint density at radius 3 is 2.15 bits per heavy atom. The number of hydrogen-bond donors (Lipinski definition) is 1. The second kappa shape index (κ2) is 7.64. The molecule has 0 radical (unpaired) electrons. The van der Waals surface area contributed by atoms with Gasteiger partial charge in [0.15, 0.2) is 0 Å². The highest BCUT2D eigenvalue weighted by atomic mass is 35.5. The van der Waals surface area contributed by atoms with Crippen LogP contribution in [0.4, 0.5) is 5.95 Å². The SMILES string of the molecule is Clc1ccc(-n2nc(NC3CCCCC3)[n+](-c3ccc(Cl)cc3)n2)cc1. The summed E-state index contributed by atoms with van der Waals surface area (Å²) in [5.41, 5.74) is 1.77. The monoisotopic (exact) mass is 388 g/mol. The van der Waals surface area contributed by atoms with Crippen LogP contribution in [-0.2, 0) is 0 Å². The number of anilines is 1. The molecule has 0 aliphatic heterocycles. The van der Waals surface area contributed by atoms with E-state index in [4.69, 9.17) is 23.2 Å². The highest BCUT2D eigenvalue weighted by Crippen LogP contribution is 2.21. The number of nitrogens with one attached hydrogen (secondary N) is 1. The van der Waals surface area contributed by atoms with Crippen molar-refractivity contribution in [1.29, 1.82) is 0 Å². The number of benzene rings is 2. The zero-order chi connectivity index (χ0) is 17.9. The largest absolute Gasteiger partial charge is 0.403 e. The van der Waals surface area contributed by atoms with Gasteiger partial charge in [0, 0.05) is 15.3 Å². The third kappa shape index (κ3) is 3.84. The summed E-state index contributed by atoms with van der Waals surface area (Å²) in [4.78, 5) is 1.62. The van der Waals surface area contributed by atoms with Gasteiger partial charge in [-0.2, -0.15) is 0 Å². The molecule has 1 N–H and O–H groups in total. The molecular formula is C19H20Cl2N5+. The van der Waals surface area contributed by atoms with Crippen LogP contribution in [0, 0.1) is 0 Å². The molecule has 1 saturated carbocycles. The minimum atomic E-state index is 0.428. The molecule has 7 heteroatoms. The van der Waals surface area contributed by atoms with Gasteiger partial charge in [-0.15, -0.1) is 0 Å². The zero-order valence-electron chi connectivity index (χ0n) is 14.3. The molecule has 5 nitrogen and oxygen atoms in total. The van der Waals surface area contributed by atoms with E-state index in [1.54, 1.807) is 4.80 Å². The number of nitrogens with zero attached hydrogens (tertiary/aromatic N) is 4. The van der Waals surface area contributed by atoms with E-state index in [1.807, 2.05) is 53.2 Å². The van der Waals surface area contributed by atoms with E-state index in [9.17, 15) is 0 Å². The summed E-state index contributed by atoms with van der Waals surface area (Å²) in [5, 5.41) is 14.3. The molecule has 26 heavy (non-hydrogen) atoms. The van der Waals surface area contributed by atoms with Crippen molar-refractivity contribution in [2.24, 2.45) is 0 Å². The Hall–Kier alpha value is -2.11. The number of rotatable bonds is 4. The smallest absolute Gasteiger partial charge is 0.288 e. The van der Waals surface area contributed by atoms with Crippen molar-refractivity contribution in [1.82, 2.24) is 15.1 Å². The van der Waals surface area contributed by atoms with Crippen molar-refractivity contribution in [3.8, 4) is 11.4 Å². The number of aromatic nitrogens is 4. The zero-order valence-corrected chi connectivity index (χ0v) is 15.8. The van der Waals surface area contributed by atoms with E-state index >= 15 is 0 Å². The summed E-state index contributed by atoms with van der Waals surface area (Å²) in [6.45, 7) is 0. The summed E-state index contributed by atoms with van der Waals surface area (Å²) in [7, 11) is 0. The highest BCUT2D eigenvalue weighted by molar-refractivity contribution is 6.30. The van der Waals surface area contributed by atoms with Crippen molar-refractivity contribution in [3.63, 3.8) is 0 Å². The molecule has 0 atom stereocenters. The highest BCUT2D eigenvalue weighted by Gasteiger charge is 2.25. The van der Waals surface area contributed by atoms with Crippen LogP contribution >= 0.6 is 23.2 Å². The van der Waals surface area contributed by atoms with E-state index in [1.165, 1.54) is 19.3 Å². The Balaban J connectivity index is 1.71. The summed E-state index contributed by atoms with van der Waals surface area (Å²) < 4.78 is 1.82. The van der Waals surface area contributed by atoms with Crippen molar-refractivity contribution < 1.29 is 4.68 Å². The van der Waals surface area contributed by atoms with Gasteiger partial charge in [-0.3, -0.25) is 5.32 Å². The molecule has 0 unspecified atom stereocenters. The Bertz CT molecular complexity index is 868. The normalized spacial score (nSPS) is 15.2. The third-order valence-corrected chi connectivity index (χ3v) is 5.14. The van der Waals surface area contributed by atoms with E-state index in [0.29, 0.717) is 16.1 Å². The van der Waals surface area contributed by atoms with Gasteiger partial charge in [0.1, 0.15) is 11.4 Å². The van der Waals surface area contributed by atoms with Gasteiger partial charge in [0.2, 0.25) is 0 Å². The van der Waals surface area contributed by atoms with Crippen LogP contribution in [0.5, 0.6) is 0 Å². The fourth-order valence-corrected chi connectivity index (χ4v) is 3.49. The molecule has 0 saturated heterocycles. The first-order valence-corrected chi connectivity index (χ1v) is 9.63. The summed E-state index contributed by atoms with van der Waals surface area (Å²) in [5.74, 6) is 0.731. The molecule has 1 aliphatic carbocycles. The van der Waals surface area contributed by atoms with Crippen molar-refractivity contribution in [2.75, 3.05) is 5.32 Å². The van der Waals surface area contributed by atoms with Crippen LogP contribution in [0.2, 0.25) is 10.0 Å². The van der Waals surface area contributed by atoms with Gasteiger partial charge < -0.3 is 0 Å². The second-order valence-electron chi connectivity index (χ2n) is 6.55. The minimum absolute atomic E-state index is 0.428. The molecule has 1 aromatic heterocycles. The molecule has 134 valence electrons. The molecule has 1 heterocycles. The minimum Gasteiger partial charge on any atom is -0.288 e. The Kier molecular flexibility index (Phi) is 5.09. The quantitative estimate of drug-likeness (QED) is 0.664. The first-order valence-electron chi connectivity index (χ1n) is 8.87. The van der Waals surface area contributed by atoms with Crippen LogP contribution in [0.15, 0.2) is 48.5 Å². The van der Waals surface area contributed by atoms with E-state index < -0.39 is 0 Å². The maximum absolute atomic E-state index is 6.03. The average Bonchev–Trinajstić information content (AvgIpc) is 3.07. The maximum Gasteiger partial charge on any atom is 0.403 e. The molecule has 0 amide bonds. The van der Waals surface area contributed by atoms with Gasteiger partial charge in [-0.05, 0) is 66.2 Å². The lowest BCUT2D eigenvalue weighted by Crippen LogP contribution is -2.39. The predicted molar refractivity (Wildman–Crippen MR) is 103 cm³/mol. The summed E-state index contributed by atoms with van der Waals surface area (Å²) in [6, 6.07) is 15.5. The first-order chi connectivity index (χ1) is 12.7. The lowest BCUT2D eigenvalue weighted by molar-refractivity contribution is -0.648. The third-order valence-electron chi connectivity index (χ3n) is 4.63. The fraction of sp³-hybridized carbons (Fsp3) is 0.316. The summed E-state index contributed by atoms with van der Waals surface area (Å²) >= 11 is 12.0. The van der Waals surface area contributed by atoms with Gasteiger partial charge in [-0.25, -0.2) is 0 Å². The van der Waals surface area contributed by atoms with E-state index in [0.717, 1.165) is 30.2 Å². The van der Waals surface area contributed by atoms with Gasteiger partial charge >= 0.3 is 5.95 Å². The van der Waals surface area contributed by atoms with Crippen LogP contribution in [0.1, 0.15) is 32.1 Å². The molecule has 4 rings (SSSR count). The summed E-state index contributed by atoms with van der Waals surface area (Å²) in [6.07, 6.45) is 6.14. The van der Waals surface area contributed by atoms with Crippen molar-refractivity contribution in [2.45, 2.75) is 38.1 Å². The Morgan fingerprint density at radius 1 is 0.885 bits per heavy atom. The van der Waals surface area contributed by atoms with Crippen LogP contribution in [-0.4, -0.2) is 21.2 Å². The predicted octanol–water partition coefficient (Wildman–Crippen LogP) is 4.60. The van der Waals surface area contributed by atoms with Crippen LogP contribution in [0.25, 0.3) is 11.4 Å². The maximum atomic E-state index is 6.03. The van der Waals surface area contributed by atoms with Gasteiger partial charge in [0.05, 0.1) is 11.1 Å². The number of hydrogen-bond acceptors (Lipinski definition) is 3. The fourth-order valence-electron chi connectivity index (χ4n) is 3.24. The van der Waals surface area contributed by atoms with Crippen LogP contribution < -0.4 is 10.00 Å². The van der Waals surface area contributed by atoms with Crippen molar-refractivity contribution >= 4 is 29.2 Å². The van der Waals surface area contributed by atoms with E-state index in [2.05, 4.69) is 15.6 Å². The molecule has 2 aromatic carbocycles. The molecular weight excluding hydrogens is 369 g/mol. The first kappa shape index (κ1) is 17.3. The molecule has 0 bridgehead atoms. The Morgan fingerprint density at radius 2 is 1.50 bits per heavy atom. The topological polar surface area (TPSA) is 46.6 Å². The second-order valence-corrected chi connectivity index (χ2v) is 7.42.